The highest BCUT2D eigenvalue weighted by molar-refractivity contribution is 7.48. The number of nitrogens with zero attached hydrogens (tertiary/aromatic N) is 1. The Morgan fingerprint density at radius 3 is 2.20 bits per heavy atom. The number of hydrogen-bond donors (Lipinski definition) is 1. The molecule has 0 saturated carbocycles. The number of nitrogens with one attached hydrogen (secondary N) is 1. The predicted molar refractivity (Wildman–Crippen MR) is 158 cm³/mol. The van der Waals surface area contributed by atoms with Gasteiger partial charge in [-0.05, 0) is 77.4 Å². The molecule has 0 bridgehead atoms. The molecule has 1 atom stereocenters. The zero-order chi connectivity index (χ0) is 30.6. The van der Waals surface area contributed by atoms with E-state index in [0.717, 1.165) is 0 Å². The number of rotatable bonds is 11. The van der Waals surface area contributed by atoms with Gasteiger partial charge in [0.15, 0.2) is 17.2 Å². The topological polar surface area (TPSA) is 114 Å². The fourth-order valence-corrected chi connectivity index (χ4v) is 5.97. The van der Waals surface area contributed by atoms with Crippen LogP contribution in [0.25, 0.3) is 10.9 Å². The van der Waals surface area contributed by atoms with Gasteiger partial charge in [-0.25, -0.2) is 9.09 Å². The van der Waals surface area contributed by atoms with E-state index in [4.69, 9.17) is 39.4 Å². The molecule has 1 aromatic heterocycles. The van der Waals surface area contributed by atoms with Crippen molar-refractivity contribution in [3.63, 3.8) is 0 Å². The lowest BCUT2D eigenvalue weighted by molar-refractivity contribution is -0.119. The Bertz CT molecular complexity index is 1410. The molecule has 224 valence electrons. The van der Waals surface area contributed by atoms with E-state index in [1.807, 2.05) is 0 Å². The number of phosphoric acid groups is 1. The number of ether oxygens (including phenoxy) is 3. The molecule has 0 fully saturated rings. The van der Waals surface area contributed by atoms with Crippen LogP contribution in [0, 0.1) is 0 Å². The second-order valence-corrected chi connectivity index (χ2v) is 13.1. The van der Waals surface area contributed by atoms with Crippen LogP contribution in [0.5, 0.6) is 17.2 Å². The molecule has 1 N–H and O–H groups in total. The van der Waals surface area contributed by atoms with Crippen molar-refractivity contribution < 1.29 is 37.1 Å². The molecule has 3 aromatic rings. The zero-order valence-electron chi connectivity index (χ0n) is 24.9. The van der Waals surface area contributed by atoms with Crippen LogP contribution in [0.4, 0.5) is 0 Å². The second kappa shape index (κ2) is 13.0. The summed E-state index contributed by atoms with van der Waals surface area (Å²) < 4.78 is 47.7. The highest BCUT2D eigenvalue weighted by Gasteiger charge is 2.37. The minimum atomic E-state index is -4.08. The van der Waals surface area contributed by atoms with Gasteiger partial charge >= 0.3 is 7.82 Å². The number of benzene rings is 2. The third-order valence-corrected chi connectivity index (χ3v) is 7.69. The van der Waals surface area contributed by atoms with Crippen LogP contribution >= 0.6 is 19.4 Å². The Morgan fingerprint density at radius 2 is 1.63 bits per heavy atom. The standard InChI is InChI=1S/C29H38ClN2O8P/c1-18(33)32-25(19-12-13-23(35-8)24(15-19)36-9)21-16-22(30)20-11-10-14-31-26(20)27(21)37-17-38-41(34,39-28(2,3)4)40-29(5,6)7/h10-16,25H,17H2,1-9H3,(H,32,33). The van der Waals surface area contributed by atoms with Crippen molar-refractivity contribution in [2.45, 2.75) is 65.7 Å². The molecule has 0 aliphatic carbocycles. The van der Waals surface area contributed by atoms with Gasteiger partial charge in [0.25, 0.3) is 0 Å². The van der Waals surface area contributed by atoms with Gasteiger partial charge in [0.05, 0.1) is 36.5 Å². The van der Waals surface area contributed by atoms with E-state index in [9.17, 15) is 9.36 Å². The van der Waals surface area contributed by atoms with Gasteiger partial charge in [0.1, 0.15) is 5.52 Å². The number of hydrogen-bond acceptors (Lipinski definition) is 9. The van der Waals surface area contributed by atoms with Crippen LogP contribution in [0.1, 0.15) is 65.6 Å². The summed E-state index contributed by atoms with van der Waals surface area (Å²) in [5.74, 6) is 0.951. The lowest BCUT2D eigenvalue weighted by atomic mass is 9.95. The van der Waals surface area contributed by atoms with Crippen molar-refractivity contribution in [1.82, 2.24) is 10.3 Å². The molecule has 0 radical (unpaired) electrons. The first-order valence-electron chi connectivity index (χ1n) is 12.9. The lowest BCUT2D eigenvalue weighted by Crippen LogP contribution is -2.28. The smallest absolute Gasteiger partial charge is 0.478 e. The number of amides is 1. The SMILES string of the molecule is COc1ccc(C(NC(C)=O)c2cc(Cl)c3cccnc3c2OCOP(=O)(OC(C)(C)C)OC(C)(C)C)cc1OC. The molecule has 0 saturated heterocycles. The van der Waals surface area contributed by atoms with Gasteiger partial charge in [-0.1, -0.05) is 17.7 Å². The molecule has 1 heterocycles. The molecule has 12 heteroatoms. The van der Waals surface area contributed by atoms with Crippen molar-refractivity contribution in [2.24, 2.45) is 0 Å². The maximum Gasteiger partial charge on any atom is 0.478 e. The quantitative estimate of drug-likeness (QED) is 0.178. The van der Waals surface area contributed by atoms with Crippen molar-refractivity contribution in [3.8, 4) is 17.2 Å². The predicted octanol–water partition coefficient (Wildman–Crippen LogP) is 7.22. The first-order chi connectivity index (χ1) is 19.1. The first-order valence-corrected chi connectivity index (χ1v) is 14.7. The maximum absolute atomic E-state index is 13.6. The average Bonchev–Trinajstić information content (AvgIpc) is 2.85. The van der Waals surface area contributed by atoms with Gasteiger partial charge in [0, 0.05) is 24.1 Å². The Labute approximate surface area is 246 Å². The molecule has 41 heavy (non-hydrogen) atoms. The summed E-state index contributed by atoms with van der Waals surface area (Å²) in [5, 5.41) is 3.96. The van der Waals surface area contributed by atoms with Crippen LogP contribution in [0.2, 0.25) is 5.02 Å². The normalized spacial score (nSPS) is 13.1. The molecule has 0 aliphatic heterocycles. The summed E-state index contributed by atoms with van der Waals surface area (Å²) in [6, 6.07) is 9.76. The van der Waals surface area contributed by atoms with Gasteiger partial charge in [-0.15, -0.1) is 0 Å². The van der Waals surface area contributed by atoms with Crippen molar-refractivity contribution in [3.05, 3.63) is 58.7 Å². The van der Waals surface area contributed by atoms with E-state index in [1.165, 1.54) is 21.1 Å². The number of phosphoric ester groups is 1. The van der Waals surface area contributed by atoms with E-state index < -0.39 is 31.9 Å². The Morgan fingerprint density at radius 1 is 1.00 bits per heavy atom. The maximum atomic E-state index is 13.6. The van der Waals surface area contributed by atoms with Gasteiger partial charge in [-0.2, -0.15) is 0 Å². The minimum absolute atomic E-state index is 0.261. The highest BCUT2D eigenvalue weighted by atomic mass is 35.5. The Balaban J connectivity index is 2.12. The van der Waals surface area contributed by atoms with Crippen molar-refractivity contribution >= 4 is 36.2 Å². The molecular formula is C29H38ClN2O8P. The third kappa shape index (κ3) is 8.80. The summed E-state index contributed by atoms with van der Waals surface area (Å²) in [4.78, 5) is 16.9. The number of methoxy groups -OCH3 is 2. The van der Waals surface area contributed by atoms with Crippen molar-refractivity contribution in [1.29, 1.82) is 0 Å². The number of carbonyl (C=O) groups is 1. The fourth-order valence-electron chi connectivity index (χ4n) is 4.03. The molecule has 1 unspecified atom stereocenters. The molecule has 3 rings (SSSR count). The van der Waals surface area contributed by atoms with E-state index in [1.54, 1.807) is 84.1 Å². The fraction of sp³-hybridized carbons (Fsp3) is 0.448. The number of fused-ring (bicyclic) bond motifs is 1. The molecule has 1 amide bonds. The van der Waals surface area contributed by atoms with Crippen LogP contribution in [0.3, 0.4) is 0 Å². The summed E-state index contributed by atoms with van der Waals surface area (Å²) in [6.45, 7) is 11.3. The van der Waals surface area contributed by atoms with Crippen LogP contribution < -0.4 is 19.5 Å². The third-order valence-electron chi connectivity index (χ3n) is 5.41. The number of halogens is 1. The monoisotopic (exact) mass is 608 g/mol. The van der Waals surface area contributed by atoms with Gasteiger partial charge < -0.3 is 19.5 Å². The minimum Gasteiger partial charge on any atom is -0.493 e. The summed E-state index contributed by atoms with van der Waals surface area (Å²) in [5.41, 5.74) is -0.101. The zero-order valence-corrected chi connectivity index (χ0v) is 26.5. The Hall–Kier alpha value is -2.88. The van der Waals surface area contributed by atoms with E-state index in [0.29, 0.717) is 38.6 Å². The molecule has 10 nitrogen and oxygen atoms in total. The molecule has 0 aliphatic rings. The average molecular weight is 609 g/mol. The largest absolute Gasteiger partial charge is 0.493 e. The van der Waals surface area contributed by atoms with E-state index >= 15 is 0 Å². The summed E-state index contributed by atoms with van der Waals surface area (Å²) in [6.07, 6.45) is 1.59. The molecule has 0 spiro atoms. The van der Waals surface area contributed by atoms with Crippen LogP contribution in [-0.2, 0) is 22.9 Å². The molecular weight excluding hydrogens is 571 g/mol. The van der Waals surface area contributed by atoms with Crippen molar-refractivity contribution in [2.75, 3.05) is 21.0 Å². The van der Waals surface area contributed by atoms with E-state index in [-0.39, 0.29) is 11.7 Å². The molecule has 2 aromatic carbocycles. The number of aromatic nitrogens is 1. The summed E-state index contributed by atoms with van der Waals surface area (Å²) >= 11 is 6.69. The first kappa shape index (κ1) is 32.6. The number of carbonyl (C=O) groups excluding carboxylic acids is 1. The highest BCUT2D eigenvalue weighted by Crippen LogP contribution is 2.55. The van der Waals surface area contributed by atoms with Gasteiger partial charge in [0.2, 0.25) is 12.7 Å². The Kier molecular flexibility index (Phi) is 10.3. The van der Waals surface area contributed by atoms with Gasteiger partial charge in [-0.3, -0.25) is 18.8 Å². The second-order valence-electron chi connectivity index (χ2n) is 11.2. The summed E-state index contributed by atoms with van der Waals surface area (Å²) in [7, 11) is -1.02. The van der Waals surface area contributed by atoms with Crippen LogP contribution in [0.15, 0.2) is 42.6 Å². The number of pyridine rings is 1. The lowest BCUT2D eigenvalue weighted by Gasteiger charge is -2.31. The van der Waals surface area contributed by atoms with Crippen LogP contribution in [-0.4, -0.2) is 43.1 Å². The van der Waals surface area contributed by atoms with E-state index in [2.05, 4.69) is 10.3 Å².